The Balaban J connectivity index is 2.10. The highest BCUT2D eigenvalue weighted by Crippen LogP contribution is 2.66. The Bertz CT molecular complexity index is 381. The molecule has 2 fully saturated rings. The monoisotopic (exact) mass is 250 g/mol. The number of esters is 1. The van der Waals surface area contributed by atoms with Crippen LogP contribution in [0, 0.1) is 16.7 Å². The number of carbonyl (C=O) groups excluding carboxylic acids is 1. The molecule has 0 amide bonds. The molecular weight excluding hydrogens is 224 g/mol. The van der Waals surface area contributed by atoms with Crippen molar-refractivity contribution < 1.29 is 9.53 Å². The van der Waals surface area contributed by atoms with Gasteiger partial charge in [0.25, 0.3) is 0 Å². The third-order valence-corrected chi connectivity index (χ3v) is 5.80. The van der Waals surface area contributed by atoms with E-state index in [0.717, 1.165) is 24.3 Å². The molecule has 2 saturated carbocycles. The topological polar surface area (TPSA) is 26.3 Å². The number of ether oxygens (including phenoxy) is 1. The van der Waals surface area contributed by atoms with Crippen LogP contribution in [0.25, 0.3) is 0 Å². The third-order valence-electron chi connectivity index (χ3n) is 5.80. The van der Waals surface area contributed by atoms with Crippen molar-refractivity contribution in [3.05, 3.63) is 11.6 Å². The molecule has 2 aliphatic rings. The van der Waals surface area contributed by atoms with Crippen LogP contribution in [0.3, 0.4) is 0 Å². The number of fused-ring (bicyclic) bond motifs is 2. The molecule has 102 valence electrons. The molecular formula is C16H26O2. The third kappa shape index (κ3) is 1.81. The van der Waals surface area contributed by atoms with Crippen LogP contribution in [0.4, 0.5) is 0 Å². The minimum atomic E-state index is -0.119. The Kier molecular flexibility index (Phi) is 3.33. The first-order valence-corrected chi connectivity index (χ1v) is 7.20. The summed E-state index contributed by atoms with van der Waals surface area (Å²) in [5, 5.41) is 0. The van der Waals surface area contributed by atoms with E-state index in [1.54, 1.807) is 0 Å². The Morgan fingerprint density at radius 2 is 2.06 bits per heavy atom. The molecule has 2 aliphatic carbocycles. The molecule has 0 radical (unpaired) electrons. The first kappa shape index (κ1) is 13.6. The standard InChI is InChI=1S/C16H26O2/c1-6-7-11(2)14(17)18-13-10-12-8-9-16(13,5)15(12,3)4/h7,12-13H,6,8-10H2,1-5H3. The zero-order valence-electron chi connectivity index (χ0n) is 12.4. The Hall–Kier alpha value is -0.790. The van der Waals surface area contributed by atoms with Crippen molar-refractivity contribution >= 4 is 5.97 Å². The van der Waals surface area contributed by atoms with Gasteiger partial charge in [-0.05, 0) is 43.9 Å². The maximum Gasteiger partial charge on any atom is 0.333 e. The fourth-order valence-corrected chi connectivity index (χ4v) is 3.92. The highest BCUT2D eigenvalue weighted by Gasteiger charge is 2.62. The lowest BCUT2D eigenvalue weighted by Crippen LogP contribution is -2.38. The first-order chi connectivity index (χ1) is 8.33. The SMILES string of the molecule is CCC=C(C)C(=O)OC1CC2CCC1(C)C2(C)C. The van der Waals surface area contributed by atoms with Crippen LogP contribution in [0.1, 0.15) is 60.3 Å². The van der Waals surface area contributed by atoms with Gasteiger partial charge in [-0.1, -0.05) is 33.8 Å². The fourth-order valence-electron chi connectivity index (χ4n) is 3.92. The van der Waals surface area contributed by atoms with Gasteiger partial charge in [-0.15, -0.1) is 0 Å². The average Bonchev–Trinajstić information content (AvgIpc) is 2.62. The van der Waals surface area contributed by atoms with Gasteiger partial charge in [0.05, 0.1) is 0 Å². The van der Waals surface area contributed by atoms with Crippen LogP contribution in [-0.4, -0.2) is 12.1 Å². The molecule has 0 spiro atoms. The van der Waals surface area contributed by atoms with Crippen molar-refractivity contribution in [3.8, 4) is 0 Å². The molecule has 2 bridgehead atoms. The van der Waals surface area contributed by atoms with Crippen LogP contribution in [0.5, 0.6) is 0 Å². The lowest BCUT2D eigenvalue weighted by molar-refractivity contribution is -0.152. The normalized spacial score (nSPS) is 37.9. The minimum Gasteiger partial charge on any atom is -0.458 e. The molecule has 0 saturated heterocycles. The molecule has 2 rings (SSSR count). The summed E-state index contributed by atoms with van der Waals surface area (Å²) in [4.78, 5) is 12.0. The number of hydrogen-bond donors (Lipinski definition) is 0. The average molecular weight is 250 g/mol. The van der Waals surface area contributed by atoms with E-state index in [-0.39, 0.29) is 17.5 Å². The number of rotatable bonds is 3. The number of carbonyl (C=O) groups is 1. The molecule has 2 nitrogen and oxygen atoms in total. The quantitative estimate of drug-likeness (QED) is 0.557. The molecule has 0 aliphatic heterocycles. The van der Waals surface area contributed by atoms with Crippen LogP contribution in [0.15, 0.2) is 11.6 Å². The second kappa shape index (κ2) is 4.40. The Labute approximate surface area is 111 Å². The van der Waals surface area contributed by atoms with E-state index in [0.29, 0.717) is 5.41 Å². The summed E-state index contributed by atoms with van der Waals surface area (Å²) < 4.78 is 5.79. The summed E-state index contributed by atoms with van der Waals surface area (Å²) in [6.45, 7) is 10.9. The predicted molar refractivity (Wildman–Crippen MR) is 73.2 cm³/mol. The van der Waals surface area contributed by atoms with Gasteiger partial charge >= 0.3 is 5.97 Å². The van der Waals surface area contributed by atoms with Crippen molar-refractivity contribution in [1.82, 2.24) is 0 Å². The van der Waals surface area contributed by atoms with Crippen molar-refractivity contribution in [2.24, 2.45) is 16.7 Å². The summed E-state index contributed by atoms with van der Waals surface area (Å²) in [5.74, 6) is 0.599. The molecule has 3 atom stereocenters. The van der Waals surface area contributed by atoms with E-state index in [1.807, 2.05) is 19.9 Å². The fraction of sp³-hybridized carbons (Fsp3) is 0.812. The van der Waals surface area contributed by atoms with E-state index in [4.69, 9.17) is 4.74 Å². The van der Waals surface area contributed by atoms with Crippen LogP contribution in [-0.2, 0) is 9.53 Å². The highest BCUT2D eigenvalue weighted by molar-refractivity contribution is 5.87. The molecule has 0 aromatic rings. The Morgan fingerprint density at radius 1 is 1.39 bits per heavy atom. The summed E-state index contributed by atoms with van der Waals surface area (Å²) in [5.41, 5.74) is 1.22. The molecule has 0 heterocycles. The van der Waals surface area contributed by atoms with Gasteiger partial charge in [0, 0.05) is 11.0 Å². The molecule has 2 heteroatoms. The lowest BCUT2D eigenvalue weighted by atomic mass is 9.70. The van der Waals surface area contributed by atoms with Crippen molar-refractivity contribution in [2.75, 3.05) is 0 Å². The van der Waals surface area contributed by atoms with Crippen LogP contribution >= 0.6 is 0 Å². The van der Waals surface area contributed by atoms with E-state index in [1.165, 1.54) is 12.8 Å². The second-order valence-corrected chi connectivity index (χ2v) is 6.80. The van der Waals surface area contributed by atoms with Gasteiger partial charge in [-0.3, -0.25) is 0 Å². The van der Waals surface area contributed by atoms with Crippen molar-refractivity contribution in [3.63, 3.8) is 0 Å². The smallest absolute Gasteiger partial charge is 0.333 e. The Morgan fingerprint density at radius 3 is 2.50 bits per heavy atom. The molecule has 0 N–H and O–H groups in total. The van der Waals surface area contributed by atoms with Crippen LogP contribution in [0.2, 0.25) is 0 Å². The largest absolute Gasteiger partial charge is 0.458 e. The maximum atomic E-state index is 12.0. The van der Waals surface area contributed by atoms with E-state index in [9.17, 15) is 4.79 Å². The summed E-state index contributed by atoms with van der Waals surface area (Å²) in [6.07, 6.45) is 6.48. The van der Waals surface area contributed by atoms with Crippen molar-refractivity contribution in [1.29, 1.82) is 0 Å². The van der Waals surface area contributed by atoms with Crippen molar-refractivity contribution in [2.45, 2.75) is 66.4 Å². The van der Waals surface area contributed by atoms with Crippen LogP contribution < -0.4 is 0 Å². The van der Waals surface area contributed by atoms with E-state index < -0.39 is 0 Å². The number of allylic oxidation sites excluding steroid dienone is 1. The maximum absolute atomic E-state index is 12.0. The highest BCUT2D eigenvalue weighted by atomic mass is 16.5. The van der Waals surface area contributed by atoms with Gasteiger partial charge in [0.15, 0.2) is 0 Å². The number of hydrogen-bond acceptors (Lipinski definition) is 2. The predicted octanol–water partition coefficient (Wildman–Crippen LogP) is 4.10. The molecule has 3 unspecified atom stereocenters. The van der Waals surface area contributed by atoms with Gasteiger partial charge in [-0.25, -0.2) is 4.79 Å². The summed E-state index contributed by atoms with van der Waals surface area (Å²) in [6, 6.07) is 0. The van der Waals surface area contributed by atoms with Gasteiger partial charge < -0.3 is 4.74 Å². The molecule has 0 aromatic carbocycles. The summed E-state index contributed by atoms with van der Waals surface area (Å²) >= 11 is 0. The van der Waals surface area contributed by atoms with E-state index >= 15 is 0 Å². The zero-order chi connectivity index (χ0) is 13.6. The summed E-state index contributed by atoms with van der Waals surface area (Å²) in [7, 11) is 0. The van der Waals surface area contributed by atoms with Gasteiger partial charge in [0.2, 0.25) is 0 Å². The lowest BCUT2D eigenvalue weighted by Gasteiger charge is -2.38. The molecule has 18 heavy (non-hydrogen) atoms. The second-order valence-electron chi connectivity index (χ2n) is 6.80. The van der Waals surface area contributed by atoms with E-state index in [2.05, 4.69) is 20.8 Å². The zero-order valence-corrected chi connectivity index (χ0v) is 12.4. The first-order valence-electron chi connectivity index (χ1n) is 7.20. The minimum absolute atomic E-state index is 0.110. The van der Waals surface area contributed by atoms with Gasteiger partial charge in [-0.2, -0.15) is 0 Å². The van der Waals surface area contributed by atoms with Gasteiger partial charge in [0.1, 0.15) is 6.10 Å². The molecule has 0 aromatic heterocycles.